The third-order valence-corrected chi connectivity index (χ3v) is 4.70. The SMILES string of the molecule is C=C1C=NC(C(=O)N(C)c2ccc(C#N)cc2)=CN1C(=C)c1ccc2nonc2c1. The first-order valence-corrected chi connectivity index (χ1v) is 8.92. The second-order valence-electron chi connectivity index (χ2n) is 6.57. The van der Waals surface area contributed by atoms with Crippen molar-refractivity contribution in [1.29, 1.82) is 5.26 Å². The first kappa shape index (κ1) is 18.8. The van der Waals surface area contributed by atoms with E-state index in [1.165, 1.54) is 11.1 Å². The number of amides is 1. The number of likely N-dealkylation sites (N-methyl/N-ethyl adjacent to an activating group) is 1. The molecule has 0 radical (unpaired) electrons. The minimum atomic E-state index is -0.308. The Bertz CT molecular complexity index is 1280. The van der Waals surface area contributed by atoms with Gasteiger partial charge in [0.25, 0.3) is 5.91 Å². The second kappa shape index (κ2) is 7.48. The van der Waals surface area contributed by atoms with Crippen molar-refractivity contribution in [3.63, 3.8) is 0 Å². The predicted molar refractivity (Wildman–Crippen MR) is 113 cm³/mol. The number of carbonyl (C=O) groups excluding carboxylic acids is 1. The smallest absolute Gasteiger partial charge is 0.278 e. The van der Waals surface area contributed by atoms with Gasteiger partial charge in [0.05, 0.1) is 23.5 Å². The number of benzene rings is 2. The largest absolute Gasteiger partial charge is 0.314 e. The summed E-state index contributed by atoms with van der Waals surface area (Å²) in [7, 11) is 1.65. The third kappa shape index (κ3) is 3.36. The highest BCUT2D eigenvalue weighted by atomic mass is 16.6. The maximum absolute atomic E-state index is 13.0. The van der Waals surface area contributed by atoms with E-state index in [-0.39, 0.29) is 11.6 Å². The molecule has 0 spiro atoms. The summed E-state index contributed by atoms with van der Waals surface area (Å²) in [4.78, 5) is 20.4. The van der Waals surface area contributed by atoms with E-state index >= 15 is 0 Å². The minimum absolute atomic E-state index is 0.222. The summed E-state index contributed by atoms with van der Waals surface area (Å²) in [6, 6.07) is 14.2. The topological polar surface area (TPSA) is 98.6 Å². The molecule has 0 N–H and O–H groups in total. The number of carbonyl (C=O) groups is 1. The molecule has 1 aliphatic heterocycles. The lowest BCUT2D eigenvalue weighted by Crippen LogP contribution is -2.30. The molecule has 0 saturated carbocycles. The van der Waals surface area contributed by atoms with Crippen molar-refractivity contribution in [2.24, 2.45) is 4.99 Å². The van der Waals surface area contributed by atoms with Gasteiger partial charge in [-0.3, -0.25) is 4.79 Å². The maximum atomic E-state index is 13.0. The highest BCUT2D eigenvalue weighted by Gasteiger charge is 2.22. The van der Waals surface area contributed by atoms with Gasteiger partial charge in [-0.25, -0.2) is 9.62 Å². The number of aliphatic imine (C=N–C) groups is 1. The third-order valence-electron chi connectivity index (χ3n) is 4.70. The number of nitrogens with zero attached hydrogens (tertiary/aromatic N) is 6. The monoisotopic (exact) mass is 396 g/mol. The molecular formula is C22H16N6O2. The molecular weight excluding hydrogens is 380 g/mol. The Morgan fingerprint density at radius 3 is 2.63 bits per heavy atom. The molecule has 2 heterocycles. The van der Waals surface area contributed by atoms with Gasteiger partial charge in [-0.2, -0.15) is 5.26 Å². The average molecular weight is 396 g/mol. The van der Waals surface area contributed by atoms with E-state index in [0.717, 1.165) is 5.56 Å². The van der Waals surface area contributed by atoms with E-state index in [4.69, 9.17) is 9.89 Å². The lowest BCUT2D eigenvalue weighted by molar-refractivity contribution is -0.114. The Kier molecular flexibility index (Phi) is 4.70. The summed E-state index contributed by atoms with van der Waals surface area (Å²) in [5.41, 5.74) is 4.57. The Morgan fingerprint density at radius 1 is 1.17 bits per heavy atom. The first-order chi connectivity index (χ1) is 14.5. The van der Waals surface area contributed by atoms with E-state index in [1.54, 1.807) is 54.5 Å². The number of fused-ring (bicyclic) bond motifs is 1. The molecule has 30 heavy (non-hydrogen) atoms. The van der Waals surface area contributed by atoms with E-state index in [1.807, 2.05) is 6.07 Å². The molecule has 1 aromatic heterocycles. The highest BCUT2D eigenvalue weighted by Crippen LogP contribution is 2.27. The van der Waals surface area contributed by atoms with Gasteiger partial charge in [-0.15, -0.1) is 0 Å². The van der Waals surface area contributed by atoms with Crippen LogP contribution in [0.5, 0.6) is 0 Å². The van der Waals surface area contributed by atoms with Crippen LogP contribution in [-0.4, -0.2) is 34.4 Å². The molecule has 1 amide bonds. The number of allylic oxidation sites excluding steroid dienone is 1. The van der Waals surface area contributed by atoms with E-state index in [0.29, 0.717) is 33.7 Å². The normalized spacial score (nSPS) is 13.1. The Labute approximate surface area is 172 Å². The van der Waals surface area contributed by atoms with Gasteiger partial charge >= 0.3 is 0 Å². The standard InChI is InChI=1S/C22H16N6O2/c1-14-12-24-21(22(29)27(3)18-7-4-16(11-23)5-8-18)13-28(14)15(2)17-6-9-19-20(10-17)26-30-25-19/h4-10,12-13H,1-2H2,3H3. The fraction of sp³-hybridized carbons (Fsp3) is 0.0455. The molecule has 8 heteroatoms. The maximum Gasteiger partial charge on any atom is 0.278 e. The summed E-state index contributed by atoms with van der Waals surface area (Å²) in [6.07, 6.45) is 3.11. The van der Waals surface area contributed by atoms with Crippen LogP contribution in [0.15, 0.2) is 82.8 Å². The molecule has 0 atom stereocenters. The van der Waals surface area contributed by atoms with E-state index in [2.05, 4.69) is 34.5 Å². The average Bonchev–Trinajstić information content (AvgIpc) is 3.26. The zero-order chi connectivity index (χ0) is 21.3. The number of aromatic nitrogens is 2. The molecule has 146 valence electrons. The van der Waals surface area contributed by atoms with Gasteiger partial charge in [0, 0.05) is 30.2 Å². The van der Waals surface area contributed by atoms with Crippen molar-refractivity contribution in [2.75, 3.05) is 11.9 Å². The lowest BCUT2D eigenvalue weighted by atomic mass is 10.1. The molecule has 0 bridgehead atoms. The van der Waals surface area contributed by atoms with Crippen LogP contribution in [0, 0.1) is 11.3 Å². The Hall–Kier alpha value is -4.51. The van der Waals surface area contributed by atoms with Gasteiger partial charge in [0.2, 0.25) is 0 Å². The van der Waals surface area contributed by atoms with Crippen molar-refractivity contribution in [1.82, 2.24) is 15.2 Å². The fourth-order valence-corrected chi connectivity index (χ4v) is 2.96. The van der Waals surface area contributed by atoms with Crippen molar-refractivity contribution in [3.8, 4) is 6.07 Å². The molecule has 1 aliphatic rings. The second-order valence-corrected chi connectivity index (χ2v) is 6.57. The van der Waals surface area contributed by atoms with Gasteiger partial charge in [-0.1, -0.05) is 19.2 Å². The van der Waals surface area contributed by atoms with Crippen LogP contribution >= 0.6 is 0 Å². The zero-order valence-electron chi connectivity index (χ0n) is 16.1. The molecule has 0 aliphatic carbocycles. The van der Waals surface area contributed by atoms with E-state index in [9.17, 15) is 4.79 Å². The summed E-state index contributed by atoms with van der Waals surface area (Å²) >= 11 is 0. The van der Waals surface area contributed by atoms with Crippen LogP contribution in [0.4, 0.5) is 5.69 Å². The molecule has 3 aromatic rings. The van der Waals surface area contributed by atoms with Gasteiger partial charge in [-0.05, 0) is 46.7 Å². The summed E-state index contributed by atoms with van der Waals surface area (Å²) in [6.45, 7) is 8.11. The molecule has 2 aromatic carbocycles. The van der Waals surface area contributed by atoms with E-state index < -0.39 is 0 Å². The summed E-state index contributed by atoms with van der Waals surface area (Å²) in [5, 5.41) is 16.6. The number of rotatable bonds is 4. The predicted octanol–water partition coefficient (Wildman–Crippen LogP) is 3.47. The Morgan fingerprint density at radius 2 is 1.90 bits per heavy atom. The van der Waals surface area contributed by atoms with Gasteiger partial charge in [0.1, 0.15) is 16.7 Å². The summed E-state index contributed by atoms with van der Waals surface area (Å²) in [5.74, 6) is -0.308. The fourth-order valence-electron chi connectivity index (χ4n) is 2.96. The number of anilines is 1. The molecule has 0 saturated heterocycles. The zero-order valence-corrected chi connectivity index (χ0v) is 16.1. The minimum Gasteiger partial charge on any atom is -0.314 e. The van der Waals surface area contributed by atoms with Crippen molar-refractivity contribution < 1.29 is 9.42 Å². The molecule has 8 nitrogen and oxygen atoms in total. The van der Waals surface area contributed by atoms with Crippen LogP contribution in [0.2, 0.25) is 0 Å². The molecule has 0 fully saturated rings. The van der Waals surface area contributed by atoms with Gasteiger partial charge < -0.3 is 9.80 Å². The van der Waals surface area contributed by atoms with Crippen molar-refractivity contribution in [3.05, 3.63) is 84.3 Å². The highest BCUT2D eigenvalue weighted by molar-refractivity contribution is 6.07. The number of hydrogen-bond donors (Lipinski definition) is 0. The number of hydrogen-bond acceptors (Lipinski definition) is 7. The van der Waals surface area contributed by atoms with Crippen LogP contribution < -0.4 is 4.90 Å². The van der Waals surface area contributed by atoms with Crippen molar-refractivity contribution in [2.45, 2.75) is 0 Å². The lowest BCUT2D eigenvalue weighted by Gasteiger charge is -2.27. The molecule has 0 unspecified atom stereocenters. The quantitative estimate of drug-likeness (QED) is 0.670. The number of nitriles is 1. The van der Waals surface area contributed by atoms with Crippen molar-refractivity contribution >= 4 is 34.5 Å². The van der Waals surface area contributed by atoms with Crippen LogP contribution in [0.25, 0.3) is 16.7 Å². The van der Waals surface area contributed by atoms with Crippen LogP contribution in [-0.2, 0) is 4.79 Å². The van der Waals surface area contributed by atoms with Crippen LogP contribution in [0.3, 0.4) is 0 Å². The van der Waals surface area contributed by atoms with Gasteiger partial charge in [0.15, 0.2) is 0 Å². The summed E-state index contributed by atoms with van der Waals surface area (Å²) < 4.78 is 4.74. The molecule has 4 rings (SSSR count). The first-order valence-electron chi connectivity index (χ1n) is 8.92. The Balaban J connectivity index is 1.60. The van der Waals surface area contributed by atoms with Crippen LogP contribution in [0.1, 0.15) is 11.1 Å².